The normalized spacial score (nSPS) is 15.0. The van der Waals surface area contributed by atoms with Crippen LogP contribution in [0.2, 0.25) is 5.02 Å². The molecule has 1 aliphatic rings. The molecule has 5 rings (SSSR count). The predicted molar refractivity (Wildman–Crippen MR) is 122 cm³/mol. The van der Waals surface area contributed by atoms with E-state index >= 15 is 0 Å². The van der Waals surface area contributed by atoms with Crippen LogP contribution < -0.4 is 10.5 Å². The van der Waals surface area contributed by atoms with Crippen molar-refractivity contribution in [1.29, 1.82) is 5.26 Å². The number of pyridine rings is 1. The van der Waals surface area contributed by atoms with Crippen LogP contribution in [0.1, 0.15) is 35.8 Å². The minimum absolute atomic E-state index is 0.188. The van der Waals surface area contributed by atoms with Gasteiger partial charge in [0, 0.05) is 36.5 Å². The quantitative estimate of drug-likeness (QED) is 0.450. The van der Waals surface area contributed by atoms with E-state index in [4.69, 9.17) is 16.0 Å². The molecule has 0 amide bonds. The van der Waals surface area contributed by atoms with Crippen LogP contribution in [0.25, 0.3) is 22.0 Å². The molecule has 0 unspecified atom stereocenters. The third kappa shape index (κ3) is 3.26. The molecule has 6 nitrogen and oxygen atoms in total. The van der Waals surface area contributed by atoms with E-state index in [1.54, 1.807) is 17.7 Å². The Kier molecular flexibility index (Phi) is 4.71. The van der Waals surface area contributed by atoms with Crippen molar-refractivity contribution in [2.24, 2.45) is 7.05 Å². The summed E-state index contributed by atoms with van der Waals surface area (Å²) in [5.74, 6) is 0.912. The molecule has 156 valence electrons. The number of anilines is 1. The Morgan fingerprint density at radius 2 is 1.97 bits per heavy atom. The van der Waals surface area contributed by atoms with Gasteiger partial charge in [-0.1, -0.05) is 23.2 Å². The van der Waals surface area contributed by atoms with Crippen molar-refractivity contribution in [2.75, 3.05) is 18.0 Å². The van der Waals surface area contributed by atoms with E-state index in [2.05, 4.69) is 22.0 Å². The number of aromatic nitrogens is 2. The molecule has 1 saturated heterocycles. The first-order valence-electron chi connectivity index (χ1n) is 10.3. The highest BCUT2D eigenvalue weighted by Gasteiger charge is 2.28. The molecular formula is C24H21ClN4O2. The van der Waals surface area contributed by atoms with Gasteiger partial charge >= 0.3 is 0 Å². The fraction of sp³-hybridized carbons (Fsp3) is 0.292. The lowest BCUT2D eigenvalue weighted by molar-refractivity contribution is 0.407. The first kappa shape index (κ1) is 19.7. The van der Waals surface area contributed by atoms with Crippen molar-refractivity contribution < 1.29 is 4.42 Å². The summed E-state index contributed by atoms with van der Waals surface area (Å²) in [6.07, 6.45) is 1.65. The van der Waals surface area contributed by atoms with Crippen LogP contribution in [0.15, 0.2) is 45.6 Å². The third-order valence-electron chi connectivity index (χ3n) is 6.16. The largest absolute Gasteiger partial charge is 0.440 e. The van der Waals surface area contributed by atoms with E-state index in [9.17, 15) is 10.1 Å². The Bertz CT molecular complexity index is 1420. The summed E-state index contributed by atoms with van der Waals surface area (Å²) >= 11 is 6.07. The first-order valence-corrected chi connectivity index (χ1v) is 10.7. The lowest BCUT2D eigenvalue weighted by atomic mass is 9.95. The molecular weight excluding hydrogens is 412 g/mol. The molecule has 4 aromatic rings. The van der Waals surface area contributed by atoms with Crippen LogP contribution in [0.4, 0.5) is 5.69 Å². The van der Waals surface area contributed by atoms with E-state index in [1.165, 1.54) is 0 Å². The minimum atomic E-state index is -0.258. The van der Waals surface area contributed by atoms with Gasteiger partial charge in [-0.15, -0.1) is 0 Å². The second-order valence-electron chi connectivity index (χ2n) is 8.15. The summed E-state index contributed by atoms with van der Waals surface area (Å²) in [6.45, 7) is 3.45. The number of fused-ring (bicyclic) bond motifs is 2. The predicted octanol–water partition coefficient (Wildman–Crippen LogP) is 4.90. The number of halogens is 1. The summed E-state index contributed by atoms with van der Waals surface area (Å²) in [5, 5.41) is 11.4. The molecule has 3 heterocycles. The maximum Gasteiger partial charge on any atom is 0.270 e. The summed E-state index contributed by atoms with van der Waals surface area (Å²) < 4.78 is 7.54. The smallest absolute Gasteiger partial charge is 0.270 e. The van der Waals surface area contributed by atoms with Gasteiger partial charge in [0.2, 0.25) is 0 Å². The molecule has 0 radical (unpaired) electrons. The van der Waals surface area contributed by atoms with Crippen LogP contribution in [0.5, 0.6) is 0 Å². The number of hydrogen-bond donors (Lipinski definition) is 0. The van der Waals surface area contributed by atoms with E-state index < -0.39 is 0 Å². The van der Waals surface area contributed by atoms with E-state index in [-0.39, 0.29) is 17.0 Å². The molecule has 2 aromatic carbocycles. The number of oxazole rings is 1. The van der Waals surface area contributed by atoms with Crippen molar-refractivity contribution in [3.05, 3.63) is 68.8 Å². The van der Waals surface area contributed by atoms with Gasteiger partial charge in [-0.25, -0.2) is 4.98 Å². The van der Waals surface area contributed by atoms with E-state index in [0.29, 0.717) is 5.02 Å². The molecule has 0 atom stereocenters. The number of aryl methyl sites for hydroxylation is 2. The third-order valence-corrected chi connectivity index (χ3v) is 6.40. The van der Waals surface area contributed by atoms with Gasteiger partial charge in [-0.3, -0.25) is 4.79 Å². The first-order chi connectivity index (χ1) is 15.0. The molecule has 1 fully saturated rings. The number of nitrogens with zero attached hydrogens (tertiary/aromatic N) is 4. The SMILES string of the molecule is Cc1ccc2c(c1)c(N1CCC(c3nc4cc(Cl)ccc4o3)CC1)c(C#N)c(=O)n2C. The second-order valence-corrected chi connectivity index (χ2v) is 8.58. The van der Waals surface area contributed by atoms with Crippen molar-refractivity contribution in [3.8, 4) is 6.07 Å². The number of piperidine rings is 1. The Morgan fingerprint density at radius 3 is 2.71 bits per heavy atom. The van der Waals surface area contributed by atoms with Gasteiger partial charge in [0.15, 0.2) is 11.5 Å². The molecule has 1 aliphatic heterocycles. The van der Waals surface area contributed by atoms with Crippen LogP contribution in [0.3, 0.4) is 0 Å². The monoisotopic (exact) mass is 432 g/mol. The summed E-state index contributed by atoms with van der Waals surface area (Å²) in [7, 11) is 1.72. The fourth-order valence-electron chi connectivity index (χ4n) is 4.52. The van der Waals surface area contributed by atoms with Gasteiger partial charge < -0.3 is 13.9 Å². The molecule has 0 spiro atoms. The van der Waals surface area contributed by atoms with Gasteiger partial charge in [0.25, 0.3) is 5.56 Å². The fourth-order valence-corrected chi connectivity index (χ4v) is 4.68. The lowest BCUT2D eigenvalue weighted by Gasteiger charge is -2.33. The van der Waals surface area contributed by atoms with E-state index in [0.717, 1.165) is 65.1 Å². The highest BCUT2D eigenvalue weighted by Crippen LogP contribution is 2.36. The van der Waals surface area contributed by atoms with Crippen LogP contribution >= 0.6 is 11.6 Å². The van der Waals surface area contributed by atoms with E-state index in [1.807, 2.05) is 31.2 Å². The highest BCUT2D eigenvalue weighted by atomic mass is 35.5. The Labute approximate surface area is 184 Å². The maximum absolute atomic E-state index is 12.9. The van der Waals surface area contributed by atoms with Crippen molar-refractivity contribution in [1.82, 2.24) is 9.55 Å². The maximum atomic E-state index is 12.9. The van der Waals surface area contributed by atoms with Gasteiger partial charge in [0.05, 0.1) is 11.2 Å². The molecule has 2 aromatic heterocycles. The molecule has 0 N–H and O–H groups in total. The topological polar surface area (TPSA) is 75.1 Å². The van der Waals surface area contributed by atoms with Crippen molar-refractivity contribution in [3.63, 3.8) is 0 Å². The Balaban J connectivity index is 1.50. The number of hydrogen-bond acceptors (Lipinski definition) is 5. The highest BCUT2D eigenvalue weighted by molar-refractivity contribution is 6.31. The average molecular weight is 433 g/mol. The molecule has 0 saturated carbocycles. The van der Waals surface area contributed by atoms with Crippen LogP contribution in [0, 0.1) is 18.3 Å². The average Bonchev–Trinajstić information content (AvgIpc) is 3.19. The summed E-state index contributed by atoms with van der Waals surface area (Å²) in [4.78, 5) is 19.7. The molecule has 7 heteroatoms. The van der Waals surface area contributed by atoms with Crippen molar-refractivity contribution >= 4 is 39.3 Å². The lowest BCUT2D eigenvalue weighted by Crippen LogP contribution is -2.35. The van der Waals surface area contributed by atoms with Crippen LogP contribution in [-0.2, 0) is 7.05 Å². The van der Waals surface area contributed by atoms with Gasteiger partial charge in [-0.2, -0.15) is 5.26 Å². The second kappa shape index (κ2) is 7.44. The minimum Gasteiger partial charge on any atom is -0.440 e. The zero-order valence-electron chi connectivity index (χ0n) is 17.4. The summed E-state index contributed by atoms with van der Waals surface area (Å²) in [5.41, 5.74) is 4.12. The Morgan fingerprint density at radius 1 is 1.19 bits per heavy atom. The van der Waals surface area contributed by atoms with Gasteiger partial charge in [0.1, 0.15) is 17.1 Å². The number of nitriles is 1. The zero-order valence-corrected chi connectivity index (χ0v) is 18.1. The van der Waals surface area contributed by atoms with Gasteiger partial charge in [-0.05, 0) is 50.1 Å². The summed E-state index contributed by atoms with van der Waals surface area (Å²) in [6, 6.07) is 13.6. The number of rotatable bonds is 2. The number of benzene rings is 2. The molecule has 0 aliphatic carbocycles. The molecule has 0 bridgehead atoms. The Hall–Kier alpha value is -3.30. The standard InChI is InChI=1S/C24H21ClN4O2/c1-14-3-5-20-17(11-14)22(18(13-26)24(30)28(20)2)29-9-7-15(8-10-29)23-27-19-12-16(25)4-6-21(19)31-23/h3-6,11-12,15H,7-10H2,1-2H3. The van der Waals surface area contributed by atoms with Crippen LogP contribution in [-0.4, -0.2) is 22.6 Å². The zero-order chi connectivity index (χ0) is 21.7. The molecule has 31 heavy (non-hydrogen) atoms. The van der Waals surface area contributed by atoms with Crippen molar-refractivity contribution in [2.45, 2.75) is 25.7 Å².